The maximum Gasteiger partial charge on any atom is 0.397 e. The second-order valence-corrected chi connectivity index (χ2v) is 7.28. The molecule has 30 heavy (non-hydrogen) atoms. The highest BCUT2D eigenvalue weighted by atomic mass is 32.1. The highest BCUT2D eigenvalue weighted by molar-refractivity contribution is 7.18. The minimum atomic E-state index is -1.08. The molecule has 1 aromatic heterocycles. The van der Waals surface area contributed by atoms with Gasteiger partial charge < -0.3 is 20.1 Å². The monoisotopic (exact) mass is 432 g/mol. The minimum Gasteiger partial charge on any atom is -0.462 e. The summed E-state index contributed by atoms with van der Waals surface area (Å²) >= 11 is 0.897. The molecule has 1 unspecified atom stereocenters. The first kappa shape index (κ1) is 23.1. The molecule has 0 fully saturated rings. The van der Waals surface area contributed by atoms with Crippen LogP contribution < -0.4 is 10.6 Å². The van der Waals surface area contributed by atoms with E-state index in [0.29, 0.717) is 5.56 Å². The largest absolute Gasteiger partial charge is 0.462 e. The van der Waals surface area contributed by atoms with E-state index in [-0.39, 0.29) is 34.7 Å². The third-order valence-electron chi connectivity index (χ3n) is 4.17. The van der Waals surface area contributed by atoms with E-state index in [9.17, 15) is 19.2 Å². The fourth-order valence-electron chi connectivity index (χ4n) is 2.71. The van der Waals surface area contributed by atoms with Crippen LogP contribution in [-0.2, 0) is 19.1 Å². The van der Waals surface area contributed by atoms with Crippen molar-refractivity contribution in [1.29, 1.82) is 0 Å². The molecule has 1 atom stereocenters. The SMILES string of the molecule is CCOC(=O)C(=O)Nc1sc(C(=O)NC(C)c2ccccc2)c(C)c1C(=O)OCC. The number of rotatable bonds is 7. The molecule has 0 saturated heterocycles. The van der Waals surface area contributed by atoms with Crippen LogP contribution in [0.2, 0.25) is 0 Å². The predicted molar refractivity (Wildman–Crippen MR) is 113 cm³/mol. The Morgan fingerprint density at radius 1 is 1.03 bits per heavy atom. The summed E-state index contributed by atoms with van der Waals surface area (Å²) in [5.74, 6) is -3.22. The number of ether oxygens (including phenoxy) is 2. The number of carbonyl (C=O) groups excluding carboxylic acids is 4. The van der Waals surface area contributed by atoms with Crippen molar-refractivity contribution in [2.75, 3.05) is 18.5 Å². The molecule has 2 amide bonds. The molecule has 0 bridgehead atoms. The zero-order chi connectivity index (χ0) is 22.3. The third-order valence-corrected chi connectivity index (χ3v) is 5.37. The topological polar surface area (TPSA) is 111 Å². The van der Waals surface area contributed by atoms with E-state index in [0.717, 1.165) is 16.9 Å². The Bertz CT molecular complexity index is 938. The van der Waals surface area contributed by atoms with Gasteiger partial charge in [-0.3, -0.25) is 9.59 Å². The van der Waals surface area contributed by atoms with Crippen LogP contribution in [0.15, 0.2) is 30.3 Å². The van der Waals surface area contributed by atoms with Gasteiger partial charge >= 0.3 is 17.8 Å². The quantitative estimate of drug-likeness (QED) is 0.513. The van der Waals surface area contributed by atoms with Crippen molar-refractivity contribution in [2.24, 2.45) is 0 Å². The van der Waals surface area contributed by atoms with E-state index in [2.05, 4.69) is 15.4 Å². The van der Waals surface area contributed by atoms with Crippen LogP contribution in [0.1, 0.15) is 58.0 Å². The second kappa shape index (κ2) is 10.5. The average Bonchev–Trinajstić information content (AvgIpc) is 3.04. The van der Waals surface area contributed by atoms with E-state index in [1.807, 2.05) is 37.3 Å². The van der Waals surface area contributed by atoms with Gasteiger partial charge in [0, 0.05) is 0 Å². The molecule has 160 valence electrons. The smallest absolute Gasteiger partial charge is 0.397 e. The van der Waals surface area contributed by atoms with Crippen molar-refractivity contribution in [3.05, 3.63) is 51.9 Å². The molecule has 0 spiro atoms. The lowest BCUT2D eigenvalue weighted by atomic mass is 10.1. The number of amides is 2. The lowest BCUT2D eigenvalue weighted by Crippen LogP contribution is -2.26. The molecule has 0 aliphatic heterocycles. The van der Waals surface area contributed by atoms with Crippen LogP contribution in [0.25, 0.3) is 0 Å². The number of esters is 2. The van der Waals surface area contributed by atoms with Crippen molar-refractivity contribution in [3.63, 3.8) is 0 Å². The van der Waals surface area contributed by atoms with Gasteiger partial charge in [0.15, 0.2) is 0 Å². The summed E-state index contributed by atoms with van der Waals surface area (Å²) in [4.78, 5) is 49.2. The third kappa shape index (κ3) is 5.44. The number of anilines is 1. The van der Waals surface area contributed by atoms with E-state index in [1.54, 1.807) is 20.8 Å². The molecule has 2 N–H and O–H groups in total. The maximum atomic E-state index is 12.9. The number of nitrogens with one attached hydrogen (secondary N) is 2. The molecule has 0 aliphatic carbocycles. The molecule has 0 saturated carbocycles. The molecular formula is C21H24N2O6S. The van der Waals surface area contributed by atoms with Crippen LogP contribution in [0.4, 0.5) is 5.00 Å². The lowest BCUT2D eigenvalue weighted by Gasteiger charge is -2.14. The summed E-state index contributed by atoms with van der Waals surface area (Å²) in [5, 5.41) is 5.29. The normalized spacial score (nSPS) is 11.3. The first-order chi connectivity index (χ1) is 14.3. The first-order valence-electron chi connectivity index (χ1n) is 9.44. The summed E-state index contributed by atoms with van der Waals surface area (Å²) < 4.78 is 9.72. The van der Waals surface area contributed by atoms with Gasteiger partial charge in [-0.05, 0) is 38.8 Å². The Labute approximate surface area is 178 Å². The summed E-state index contributed by atoms with van der Waals surface area (Å²) in [5.41, 5.74) is 1.31. The van der Waals surface area contributed by atoms with Crippen molar-refractivity contribution < 1.29 is 28.7 Å². The van der Waals surface area contributed by atoms with Crippen molar-refractivity contribution in [3.8, 4) is 0 Å². The van der Waals surface area contributed by atoms with Gasteiger partial charge in [0.25, 0.3) is 5.91 Å². The Hall–Kier alpha value is -3.20. The number of hydrogen-bond acceptors (Lipinski definition) is 7. The molecule has 2 aromatic rings. The Morgan fingerprint density at radius 3 is 2.27 bits per heavy atom. The van der Waals surface area contributed by atoms with E-state index in [4.69, 9.17) is 4.74 Å². The molecule has 1 heterocycles. The van der Waals surface area contributed by atoms with Crippen LogP contribution in [0.3, 0.4) is 0 Å². The van der Waals surface area contributed by atoms with Gasteiger partial charge in [-0.15, -0.1) is 11.3 Å². The van der Waals surface area contributed by atoms with Crippen LogP contribution in [0.5, 0.6) is 0 Å². The van der Waals surface area contributed by atoms with Crippen molar-refractivity contribution >= 4 is 40.1 Å². The summed E-state index contributed by atoms with van der Waals surface area (Å²) in [6.07, 6.45) is 0. The average molecular weight is 432 g/mol. The van der Waals surface area contributed by atoms with Crippen molar-refractivity contribution in [2.45, 2.75) is 33.7 Å². The molecule has 8 nitrogen and oxygen atoms in total. The lowest BCUT2D eigenvalue weighted by molar-refractivity contribution is -0.152. The van der Waals surface area contributed by atoms with Gasteiger partial charge in [-0.1, -0.05) is 30.3 Å². The van der Waals surface area contributed by atoms with E-state index < -0.39 is 23.8 Å². The Morgan fingerprint density at radius 2 is 1.67 bits per heavy atom. The van der Waals surface area contributed by atoms with E-state index >= 15 is 0 Å². The zero-order valence-corrected chi connectivity index (χ0v) is 18.1. The Kier molecular flexibility index (Phi) is 8.11. The minimum absolute atomic E-state index is 0.0332. The van der Waals surface area contributed by atoms with Gasteiger partial charge in [0.05, 0.1) is 29.7 Å². The molecule has 0 radical (unpaired) electrons. The van der Waals surface area contributed by atoms with Crippen LogP contribution in [0, 0.1) is 6.92 Å². The number of carbonyl (C=O) groups is 4. The molecule has 2 rings (SSSR count). The molecule has 9 heteroatoms. The van der Waals surface area contributed by atoms with Gasteiger partial charge in [-0.2, -0.15) is 0 Å². The van der Waals surface area contributed by atoms with Crippen LogP contribution in [-0.4, -0.2) is 37.0 Å². The van der Waals surface area contributed by atoms with Gasteiger partial charge in [-0.25, -0.2) is 9.59 Å². The van der Waals surface area contributed by atoms with Gasteiger partial charge in [0.2, 0.25) is 0 Å². The van der Waals surface area contributed by atoms with E-state index in [1.165, 1.54) is 0 Å². The summed E-state index contributed by atoms with van der Waals surface area (Å²) in [7, 11) is 0. The molecule has 1 aromatic carbocycles. The summed E-state index contributed by atoms with van der Waals surface area (Å²) in [6.45, 7) is 6.79. The number of hydrogen-bond donors (Lipinski definition) is 2. The maximum absolute atomic E-state index is 12.9. The first-order valence-corrected chi connectivity index (χ1v) is 10.3. The van der Waals surface area contributed by atoms with Crippen molar-refractivity contribution in [1.82, 2.24) is 5.32 Å². The summed E-state index contributed by atoms with van der Waals surface area (Å²) in [6, 6.07) is 9.13. The van der Waals surface area contributed by atoms with Crippen LogP contribution >= 0.6 is 11.3 Å². The number of benzene rings is 1. The molecule has 0 aliphatic rings. The zero-order valence-electron chi connectivity index (χ0n) is 17.2. The highest BCUT2D eigenvalue weighted by Crippen LogP contribution is 2.34. The highest BCUT2D eigenvalue weighted by Gasteiger charge is 2.28. The standard InChI is InChI=1S/C21H24N2O6S/c1-5-28-20(26)15-12(3)16(30-19(15)23-18(25)21(27)29-6-2)17(24)22-13(4)14-10-8-7-9-11-14/h7-11,13H,5-6H2,1-4H3,(H,22,24)(H,23,25). The van der Waals surface area contributed by atoms with Gasteiger partial charge in [0.1, 0.15) is 5.00 Å². The molecular weight excluding hydrogens is 408 g/mol. The number of thiophene rings is 1. The fourth-order valence-corrected chi connectivity index (χ4v) is 3.80. The second-order valence-electron chi connectivity index (χ2n) is 6.26. The Balaban J connectivity index is 2.33. The fraction of sp³-hybridized carbons (Fsp3) is 0.333. The predicted octanol–water partition coefficient (Wildman–Crippen LogP) is 3.23.